The zero-order valence-corrected chi connectivity index (χ0v) is 7.03. The molecule has 4 heteroatoms. The molecule has 0 unspecified atom stereocenters. The van der Waals surface area contributed by atoms with Crippen LogP contribution >= 0.6 is 0 Å². The van der Waals surface area contributed by atoms with Gasteiger partial charge in [0, 0.05) is 6.54 Å². The molecule has 4 nitrogen and oxygen atoms in total. The number of hydrogen-bond donors (Lipinski definition) is 1. The van der Waals surface area contributed by atoms with Crippen molar-refractivity contribution in [1.82, 2.24) is 5.32 Å². The minimum atomic E-state index is 0.327. The molecule has 0 amide bonds. The van der Waals surface area contributed by atoms with Crippen LogP contribution in [0, 0.1) is 16.2 Å². The van der Waals surface area contributed by atoms with Crippen molar-refractivity contribution >= 4 is 5.69 Å². The van der Waals surface area contributed by atoms with Gasteiger partial charge < -0.3 is 5.32 Å². The molecule has 0 fully saturated rings. The average molecular weight is 175 g/mol. The molecule has 0 aromatic heterocycles. The molecule has 1 N–H and O–H groups in total. The molecule has 0 aliphatic carbocycles. The Bertz CT molecular complexity index is 313. The van der Waals surface area contributed by atoms with Gasteiger partial charge in [-0.25, -0.2) is 0 Å². The van der Waals surface area contributed by atoms with Gasteiger partial charge in [-0.3, -0.25) is 0 Å². The molecule has 1 aromatic carbocycles. The Morgan fingerprint density at radius 3 is 2.62 bits per heavy atom. The molecular formula is C9H9N3O. The number of nitriles is 1. The minimum Gasteiger partial charge on any atom is -0.300 e. The summed E-state index contributed by atoms with van der Waals surface area (Å²) in [6.45, 7) is 0.959. The summed E-state index contributed by atoms with van der Waals surface area (Å²) in [5, 5.41) is 14.0. The maximum atomic E-state index is 10.1. The molecule has 13 heavy (non-hydrogen) atoms. The van der Waals surface area contributed by atoms with Gasteiger partial charge in [0.15, 0.2) is 0 Å². The molecule has 0 saturated carbocycles. The standard InChI is InChI=1S/C9H9N3O/c10-5-6-11-7-8-1-3-9(12-13)4-2-8/h1-4,11H,6-7H2. The van der Waals surface area contributed by atoms with E-state index in [4.69, 9.17) is 5.26 Å². The van der Waals surface area contributed by atoms with Crippen LogP contribution in [-0.4, -0.2) is 6.54 Å². The molecule has 0 saturated heterocycles. The number of nitrogens with zero attached hydrogens (tertiary/aromatic N) is 2. The first kappa shape index (κ1) is 9.36. The summed E-state index contributed by atoms with van der Waals surface area (Å²) in [6.07, 6.45) is 0. The van der Waals surface area contributed by atoms with Crippen LogP contribution in [0.25, 0.3) is 0 Å². The lowest BCUT2D eigenvalue weighted by Gasteiger charge is -1.99. The van der Waals surface area contributed by atoms with E-state index in [1.165, 1.54) is 0 Å². The second-order valence-corrected chi connectivity index (χ2v) is 2.52. The van der Waals surface area contributed by atoms with E-state index in [0.717, 1.165) is 5.56 Å². The topological polar surface area (TPSA) is 65.2 Å². The average Bonchev–Trinajstić information content (AvgIpc) is 2.19. The minimum absolute atomic E-state index is 0.327. The molecule has 1 aromatic rings. The highest BCUT2D eigenvalue weighted by atomic mass is 16.3. The highest BCUT2D eigenvalue weighted by molar-refractivity contribution is 5.38. The van der Waals surface area contributed by atoms with Gasteiger partial charge in [0.1, 0.15) is 5.69 Å². The van der Waals surface area contributed by atoms with Crippen molar-refractivity contribution in [3.63, 3.8) is 0 Å². The number of rotatable bonds is 4. The molecule has 66 valence electrons. The Kier molecular flexibility index (Phi) is 3.61. The summed E-state index contributed by atoms with van der Waals surface area (Å²) in [5.41, 5.74) is 1.45. The Morgan fingerprint density at radius 2 is 2.08 bits per heavy atom. The largest absolute Gasteiger partial charge is 0.300 e. The van der Waals surface area contributed by atoms with Crippen molar-refractivity contribution < 1.29 is 0 Å². The second-order valence-electron chi connectivity index (χ2n) is 2.52. The fraction of sp³-hybridized carbons (Fsp3) is 0.222. The fourth-order valence-electron chi connectivity index (χ4n) is 0.937. The van der Waals surface area contributed by atoms with E-state index < -0.39 is 0 Å². The van der Waals surface area contributed by atoms with Gasteiger partial charge in [-0.2, -0.15) is 5.26 Å². The van der Waals surface area contributed by atoms with Gasteiger partial charge in [-0.15, -0.1) is 4.91 Å². The molecule has 0 aliphatic heterocycles. The molecular weight excluding hydrogens is 166 g/mol. The first-order chi connectivity index (χ1) is 6.36. The summed E-state index contributed by atoms with van der Waals surface area (Å²) in [6, 6.07) is 8.89. The highest BCUT2D eigenvalue weighted by Gasteiger charge is 1.93. The smallest absolute Gasteiger partial charge is 0.108 e. The molecule has 0 aliphatic rings. The summed E-state index contributed by atoms with van der Waals surface area (Å²) in [5.74, 6) is 0. The van der Waals surface area contributed by atoms with Gasteiger partial charge in [-0.05, 0) is 22.9 Å². The lowest BCUT2D eigenvalue weighted by atomic mass is 10.2. The predicted octanol–water partition coefficient (Wildman–Crippen LogP) is 1.70. The molecule has 0 radical (unpaired) electrons. The Morgan fingerprint density at radius 1 is 1.38 bits per heavy atom. The first-order valence-corrected chi connectivity index (χ1v) is 3.87. The van der Waals surface area contributed by atoms with Crippen LogP contribution < -0.4 is 5.32 Å². The van der Waals surface area contributed by atoms with Crippen molar-refractivity contribution in [2.45, 2.75) is 6.54 Å². The van der Waals surface area contributed by atoms with Crippen LogP contribution in [0.15, 0.2) is 29.4 Å². The van der Waals surface area contributed by atoms with Crippen molar-refractivity contribution in [1.29, 1.82) is 5.26 Å². The third-order valence-electron chi connectivity index (χ3n) is 1.57. The molecule has 0 atom stereocenters. The Balaban J connectivity index is 2.50. The lowest BCUT2D eigenvalue weighted by Crippen LogP contribution is -2.12. The maximum Gasteiger partial charge on any atom is 0.108 e. The van der Waals surface area contributed by atoms with E-state index in [9.17, 15) is 4.91 Å². The number of nitrogens with one attached hydrogen (secondary N) is 1. The highest BCUT2D eigenvalue weighted by Crippen LogP contribution is 2.11. The summed E-state index contributed by atoms with van der Waals surface area (Å²) >= 11 is 0. The van der Waals surface area contributed by atoms with E-state index >= 15 is 0 Å². The van der Waals surface area contributed by atoms with E-state index in [1.54, 1.807) is 24.3 Å². The van der Waals surface area contributed by atoms with Crippen molar-refractivity contribution in [2.24, 2.45) is 5.18 Å². The van der Waals surface area contributed by atoms with Gasteiger partial charge >= 0.3 is 0 Å². The van der Waals surface area contributed by atoms with Gasteiger partial charge in [0.05, 0.1) is 12.6 Å². The number of benzene rings is 1. The van der Waals surface area contributed by atoms with Crippen LogP contribution in [0.5, 0.6) is 0 Å². The summed E-state index contributed by atoms with van der Waals surface area (Å²) in [4.78, 5) is 10.1. The molecule has 0 spiro atoms. The van der Waals surface area contributed by atoms with Crippen LogP contribution in [0.4, 0.5) is 5.69 Å². The predicted molar refractivity (Wildman–Crippen MR) is 49.2 cm³/mol. The van der Waals surface area contributed by atoms with Gasteiger partial charge in [-0.1, -0.05) is 12.1 Å². The Labute approximate surface area is 76.2 Å². The van der Waals surface area contributed by atoms with E-state index in [1.807, 2.05) is 6.07 Å². The molecule has 0 heterocycles. The SMILES string of the molecule is N#CCNCc1ccc(N=O)cc1. The quantitative estimate of drug-likeness (QED) is 0.430. The van der Waals surface area contributed by atoms with E-state index in [0.29, 0.717) is 18.8 Å². The molecule has 1 rings (SSSR count). The number of nitroso groups, excluding NO2 is 1. The monoisotopic (exact) mass is 175 g/mol. The maximum absolute atomic E-state index is 10.1. The fourth-order valence-corrected chi connectivity index (χ4v) is 0.937. The summed E-state index contributed by atoms with van der Waals surface area (Å²) in [7, 11) is 0. The lowest BCUT2D eigenvalue weighted by molar-refractivity contribution is 0.765. The van der Waals surface area contributed by atoms with Gasteiger partial charge in [0.25, 0.3) is 0 Å². The van der Waals surface area contributed by atoms with Crippen molar-refractivity contribution in [3.05, 3.63) is 34.7 Å². The number of hydrogen-bond acceptors (Lipinski definition) is 4. The van der Waals surface area contributed by atoms with Crippen LogP contribution in [-0.2, 0) is 6.54 Å². The first-order valence-electron chi connectivity index (χ1n) is 3.87. The third-order valence-corrected chi connectivity index (χ3v) is 1.57. The van der Waals surface area contributed by atoms with E-state index in [2.05, 4.69) is 10.5 Å². The molecule has 0 bridgehead atoms. The third kappa shape index (κ3) is 3.01. The zero-order chi connectivity index (χ0) is 9.52. The van der Waals surface area contributed by atoms with E-state index in [-0.39, 0.29) is 0 Å². The van der Waals surface area contributed by atoms with Crippen molar-refractivity contribution in [3.8, 4) is 6.07 Å². The van der Waals surface area contributed by atoms with Gasteiger partial charge in [0.2, 0.25) is 0 Å². The normalized spacial score (nSPS) is 9.15. The summed E-state index contributed by atoms with van der Waals surface area (Å²) < 4.78 is 0. The Hall–Kier alpha value is -1.73. The van der Waals surface area contributed by atoms with Crippen LogP contribution in [0.3, 0.4) is 0 Å². The van der Waals surface area contributed by atoms with Crippen LogP contribution in [0.2, 0.25) is 0 Å². The van der Waals surface area contributed by atoms with Crippen molar-refractivity contribution in [2.75, 3.05) is 6.54 Å². The van der Waals surface area contributed by atoms with Crippen LogP contribution in [0.1, 0.15) is 5.56 Å². The second kappa shape index (κ2) is 5.01. The zero-order valence-electron chi connectivity index (χ0n) is 7.03.